The Labute approximate surface area is 89.4 Å². The highest BCUT2D eigenvalue weighted by Gasteiger charge is 2.32. The van der Waals surface area contributed by atoms with E-state index in [9.17, 15) is 0 Å². The first-order valence-electron chi connectivity index (χ1n) is 5.80. The highest BCUT2D eigenvalue weighted by atomic mass is 14.7. The van der Waals surface area contributed by atoms with Gasteiger partial charge >= 0.3 is 0 Å². The van der Waals surface area contributed by atoms with E-state index in [1.807, 2.05) is 0 Å². The zero-order chi connectivity index (χ0) is 11.2. The third-order valence-electron chi connectivity index (χ3n) is 3.50. The van der Waals surface area contributed by atoms with Crippen LogP contribution in [0.3, 0.4) is 0 Å². The van der Waals surface area contributed by atoms with Gasteiger partial charge in [-0.15, -0.1) is 0 Å². The quantitative estimate of drug-likeness (QED) is 0.621. The van der Waals surface area contributed by atoms with Crippen LogP contribution in [0.5, 0.6) is 0 Å². The van der Waals surface area contributed by atoms with E-state index in [1.165, 1.54) is 25.7 Å². The molecule has 86 valence electrons. The van der Waals surface area contributed by atoms with Gasteiger partial charge in [-0.1, -0.05) is 33.1 Å². The van der Waals surface area contributed by atoms with Crippen LogP contribution in [0.2, 0.25) is 0 Å². The van der Waals surface area contributed by atoms with Crippen LogP contribution in [0.1, 0.15) is 59.8 Å². The van der Waals surface area contributed by atoms with Crippen LogP contribution in [0.4, 0.5) is 0 Å². The molecule has 0 aromatic heterocycles. The lowest BCUT2D eigenvalue weighted by Crippen LogP contribution is -2.47. The zero-order valence-electron chi connectivity index (χ0n) is 10.4. The lowest BCUT2D eigenvalue weighted by Gasteiger charge is -2.38. The first-order chi connectivity index (χ1) is 6.31. The Kier molecular flexibility index (Phi) is 5.68. The minimum absolute atomic E-state index is 0.0825. The SMILES string of the molecule is CC(C)(N)C(C)(C)CCCCCCN. The first-order valence-corrected chi connectivity index (χ1v) is 5.80. The highest BCUT2D eigenvalue weighted by Crippen LogP contribution is 2.33. The Morgan fingerprint density at radius 1 is 0.857 bits per heavy atom. The van der Waals surface area contributed by atoms with Crippen molar-refractivity contribution in [3.05, 3.63) is 0 Å². The summed E-state index contributed by atoms with van der Waals surface area (Å²) < 4.78 is 0. The van der Waals surface area contributed by atoms with Gasteiger partial charge in [0.05, 0.1) is 0 Å². The largest absolute Gasteiger partial charge is 0.330 e. The Hall–Kier alpha value is -0.0800. The minimum Gasteiger partial charge on any atom is -0.330 e. The molecule has 0 heterocycles. The van der Waals surface area contributed by atoms with Crippen molar-refractivity contribution in [1.82, 2.24) is 0 Å². The van der Waals surface area contributed by atoms with Crippen molar-refractivity contribution in [2.45, 2.75) is 65.3 Å². The van der Waals surface area contributed by atoms with Crippen molar-refractivity contribution in [3.63, 3.8) is 0 Å². The molecule has 4 N–H and O–H groups in total. The lowest BCUT2D eigenvalue weighted by molar-refractivity contribution is 0.180. The van der Waals surface area contributed by atoms with Crippen LogP contribution >= 0.6 is 0 Å². The van der Waals surface area contributed by atoms with E-state index in [0.717, 1.165) is 13.0 Å². The molecule has 0 atom stereocenters. The Bertz CT molecular complexity index is 145. The molecule has 0 fully saturated rings. The molecule has 0 radical (unpaired) electrons. The van der Waals surface area contributed by atoms with E-state index >= 15 is 0 Å². The topological polar surface area (TPSA) is 52.0 Å². The Balaban J connectivity index is 3.67. The van der Waals surface area contributed by atoms with Crippen LogP contribution in [0.25, 0.3) is 0 Å². The van der Waals surface area contributed by atoms with Gasteiger partial charge in [0.15, 0.2) is 0 Å². The van der Waals surface area contributed by atoms with Gasteiger partial charge in [-0.05, 0) is 38.6 Å². The van der Waals surface area contributed by atoms with E-state index in [4.69, 9.17) is 11.5 Å². The summed E-state index contributed by atoms with van der Waals surface area (Å²) in [7, 11) is 0. The summed E-state index contributed by atoms with van der Waals surface area (Å²) in [5.41, 5.74) is 11.7. The molecular formula is C12H28N2. The Morgan fingerprint density at radius 3 is 1.79 bits per heavy atom. The van der Waals surface area contributed by atoms with Gasteiger partial charge in [0, 0.05) is 5.54 Å². The van der Waals surface area contributed by atoms with Crippen molar-refractivity contribution < 1.29 is 0 Å². The molecule has 0 spiro atoms. The number of hydrogen-bond acceptors (Lipinski definition) is 2. The molecular weight excluding hydrogens is 172 g/mol. The average molecular weight is 200 g/mol. The van der Waals surface area contributed by atoms with E-state index < -0.39 is 0 Å². The standard InChI is InChI=1S/C12H28N2/c1-11(2,12(3,4)14)9-7-5-6-8-10-13/h5-10,13-14H2,1-4H3. The summed E-state index contributed by atoms with van der Waals surface area (Å²) in [5.74, 6) is 0. The summed E-state index contributed by atoms with van der Waals surface area (Å²) in [5, 5.41) is 0. The van der Waals surface area contributed by atoms with Gasteiger partial charge in [0.25, 0.3) is 0 Å². The first kappa shape index (κ1) is 13.9. The van der Waals surface area contributed by atoms with Crippen LogP contribution in [0.15, 0.2) is 0 Å². The summed E-state index contributed by atoms with van der Waals surface area (Å²) in [4.78, 5) is 0. The average Bonchev–Trinajstić information content (AvgIpc) is 2.02. The van der Waals surface area contributed by atoms with Gasteiger partial charge < -0.3 is 11.5 Å². The third kappa shape index (κ3) is 4.97. The maximum atomic E-state index is 6.13. The van der Waals surface area contributed by atoms with Crippen molar-refractivity contribution >= 4 is 0 Å². The lowest BCUT2D eigenvalue weighted by atomic mass is 9.72. The molecule has 0 aromatic rings. The third-order valence-corrected chi connectivity index (χ3v) is 3.50. The molecule has 0 unspecified atom stereocenters. The predicted octanol–water partition coefficient (Wildman–Crippen LogP) is 2.66. The van der Waals surface area contributed by atoms with Crippen LogP contribution < -0.4 is 11.5 Å². The molecule has 0 aliphatic rings. The van der Waals surface area contributed by atoms with Crippen LogP contribution in [-0.2, 0) is 0 Å². The van der Waals surface area contributed by atoms with Crippen LogP contribution in [-0.4, -0.2) is 12.1 Å². The second-order valence-electron chi connectivity index (χ2n) is 5.56. The molecule has 14 heavy (non-hydrogen) atoms. The monoisotopic (exact) mass is 200 g/mol. The molecule has 0 aliphatic carbocycles. The number of nitrogens with two attached hydrogens (primary N) is 2. The van der Waals surface area contributed by atoms with Gasteiger partial charge in [-0.2, -0.15) is 0 Å². The fourth-order valence-electron chi connectivity index (χ4n) is 1.39. The Morgan fingerprint density at radius 2 is 1.36 bits per heavy atom. The molecule has 0 aliphatic heterocycles. The van der Waals surface area contributed by atoms with E-state index in [1.54, 1.807) is 0 Å². The van der Waals surface area contributed by atoms with Crippen molar-refractivity contribution in [2.75, 3.05) is 6.54 Å². The van der Waals surface area contributed by atoms with Gasteiger partial charge in [-0.25, -0.2) is 0 Å². The number of rotatable bonds is 7. The number of hydrogen-bond donors (Lipinski definition) is 2. The van der Waals surface area contributed by atoms with Crippen LogP contribution in [0, 0.1) is 5.41 Å². The molecule has 0 bridgehead atoms. The van der Waals surface area contributed by atoms with Gasteiger partial charge in [-0.3, -0.25) is 0 Å². The number of unbranched alkanes of at least 4 members (excludes halogenated alkanes) is 3. The fraction of sp³-hybridized carbons (Fsp3) is 1.00. The summed E-state index contributed by atoms with van der Waals surface area (Å²) in [6.07, 6.45) is 6.19. The minimum atomic E-state index is -0.0825. The highest BCUT2D eigenvalue weighted by molar-refractivity contribution is 4.89. The summed E-state index contributed by atoms with van der Waals surface area (Å²) >= 11 is 0. The summed E-state index contributed by atoms with van der Waals surface area (Å²) in [6, 6.07) is 0. The zero-order valence-corrected chi connectivity index (χ0v) is 10.4. The fourth-order valence-corrected chi connectivity index (χ4v) is 1.39. The van der Waals surface area contributed by atoms with Crippen molar-refractivity contribution in [3.8, 4) is 0 Å². The van der Waals surface area contributed by atoms with Crippen molar-refractivity contribution in [2.24, 2.45) is 16.9 Å². The molecule has 2 heteroatoms. The van der Waals surface area contributed by atoms with E-state index in [2.05, 4.69) is 27.7 Å². The molecule has 0 aromatic carbocycles. The van der Waals surface area contributed by atoms with Gasteiger partial charge in [0.2, 0.25) is 0 Å². The molecule has 0 saturated heterocycles. The van der Waals surface area contributed by atoms with Crippen molar-refractivity contribution in [1.29, 1.82) is 0 Å². The molecule has 0 saturated carbocycles. The van der Waals surface area contributed by atoms with E-state index in [-0.39, 0.29) is 11.0 Å². The normalized spacial score (nSPS) is 13.3. The van der Waals surface area contributed by atoms with E-state index in [0.29, 0.717) is 0 Å². The second-order valence-corrected chi connectivity index (χ2v) is 5.56. The maximum absolute atomic E-state index is 6.13. The molecule has 2 nitrogen and oxygen atoms in total. The smallest absolute Gasteiger partial charge is 0.0148 e. The molecule has 0 rings (SSSR count). The predicted molar refractivity (Wildman–Crippen MR) is 64.2 cm³/mol. The maximum Gasteiger partial charge on any atom is 0.0148 e. The summed E-state index contributed by atoms with van der Waals surface area (Å²) in [6.45, 7) is 9.58. The molecule has 0 amide bonds. The van der Waals surface area contributed by atoms with Gasteiger partial charge in [0.1, 0.15) is 0 Å². The second kappa shape index (κ2) is 5.72.